The van der Waals surface area contributed by atoms with E-state index in [4.69, 9.17) is 21.1 Å². The van der Waals surface area contributed by atoms with Gasteiger partial charge in [-0.3, -0.25) is 9.69 Å². The molecule has 0 aliphatic rings. The van der Waals surface area contributed by atoms with Crippen molar-refractivity contribution in [2.45, 2.75) is 56.7 Å². The summed E-state index contributed by atoms with van der Waals surface area (Å²) in [6.45, 7) is 4.95. The number of thioether (sulfide) groups is 1. The molecular formula is C29H36ClF3N5O5S+. The maximum absolute atomic E-state index is 13.2. The molecular weight excluding hydrogens is 623 g/mol. The van der Waals surface area contributed by atoms with E-state index in [0.29, 0.717) is 21.8 Å². The van der Waals surface area contributed by atoms with Crippen LogP contribution in [-0.4, -0.2) is 58.6 Å². The molecule has 240 valence electrons. The number of aromatic nitrogens is 3. The number of likely N-dealkylation sites (N-methyl/N-ethyl adjacent to an activating group) is 1. The molecule has 0 aliphatic heterocycles. The largest absolute Gasteiger partial charge is 0.460 e. The van der Waals surface area contributed by atoms with E-state index in [1.807, 2.05) is 0 Å². The smallest absolute Gasteiger partial charge is 0.416 e. The predicted molar refractivity (Wildman–Crippen MR) is 160 cm³/mol. The summed E-state index contributed by atoms with van der Waals surface area (Å²) in [7, 11) is 3.10. The van der Waals surface area contributed by atoms with Crippen molar-refractivity contribution >= 4 is 41.1 Å². The zero-order valence-corrected chi connectivity index (χ0v) is 26.8. The van der Waals surface area contributed by atoms with Crippen LogP contribution in [0.25, 0.3) is 0 Å². The van der Waals surface area contributed by atoms with E-state index in [1.165, 1.54) is 57.7 Å². The number of rotatable bonds is 12. The van der Waals surface area contributed by atoms with Crippen LogP contribution in [0.3, 0.4) is 0 Å². The highest BCUT2D eigenvalue weighted by atomic mass is 35.5. The Morgan fingerprint density at radius 3 is 2.41 bits per heavy atom. The molecule has 1 amide bonds. The molecule has 44 heavy (non-hydrogen) atoms. The average Bonchev–Trinajstić information content (AvgIpc) is 3.44. The van der Waals surface area contributed by atoms with Crippen LogP contribution < -0.4 is 14.8 Å². The zero-order valence-electron chi connectivity index (χ0n) is 25.2. The Hall–Kier alpha value is -3.33. The maximum atomic E-state index is 13.2. The summed E-state index contributed by atoms with van der Waals surface area (Å²) in [6, 6.07) is 9.32. The van der Waals surface area contributed by atoms with E-state index in [9.17, 15) is 27.9 Å². The fourth-order valence-electron chi connectivity index (χ4n) is 4.31. The maximum Gasteiger partial charge on any atom is 0.416 e. The summed E-state index contributed by atoms with van der Waals surface area (Å²) >= 11 is 7.69. The van der Waals surface area contributed by atoms with Crippen LogP contribution in [0, 0.1) is 0 Å². The average molecular weight is 659 g/mol. The van der Waals surface area contributed by atoms with Crippen molar-refractivity contribution in [2.24, 2.45) is 0 Å². The number of carbonyl (C=O) groups excluding carboxylic acids is 2. The number of amides is 1. The van der Waals surface area contributed by atoms with Crippen molar-refractivity contribution in [1.29, 1.82) is 0 Å². The van der Waals surface area contributed by atoms with E-state index >= 15 is 0 Å². The van der Waals surface area contributed by atoms with Crippen LogP contribution >= 0.6 is 23.4 Å². The summed E-state index contributed by atoms with van der Waals surface area (Å²) in [4.78, 5) is 26.2. The van der Waals surface area contributed by atoms with Gasteiger partial charge in [0.2, 0.25) is 12.6 Å². The second-order valence-electron chi connectivity index (χ2n) is 10.5. The van der Waals surface area contributed by atoms with Crippen LogP contribution in [0.4, 0.5) is 23.7 Å². The van der Waals surface area contributed by atoms with Crippen molar-refractivity contribution in [3.63, 3.8) is 0 Å². The molecule has 10 nitrogen and oxygen atoms in total. The third-order valence-electron chi connectivity index (χ3n) is 7.31. The van der Waals surface area contributed by atoms with E-state index in [1.54, 1.807) is 52.3 Å². The molecule has 1 aromatic heterocycles. The number of carbonyl (C=O) groups is 2. The van der Waals surface area contributed by atoms with Gasteiger partial charge in [-0.2, -0.15) is 29.5 Å². The topological polar surface area (TPSA) is 110 Å². The van der Waals surface area contributed by atoms with Gasteiger partial charge in [0.1, 0.15) is 18.8 Å². The highest BCUT2D eigenvalue weighted by Crippen LogP contribution is 2.43. The number of hydrogen-bond acceptors (Lipinski definition) is 8. The van der Waals surface area contributed by atoms with Crippen LogP contribution in [0.1, 0.15) is 43.7 Å². The molecule has 15 heteroatoms. The Kier molecular flexibility index (Phi) is 11.3. The molecule has 2 atom stereocenters. The number of nitrogens with one attached hydrogen (secondary N) is 1. The lowest BCUT2D eigenvalue weighted by molar-refractivity contribution is -0.753. The third-order valence-corrected chi connectivity index (χ3v) is 9.02. The fourth-order valence-corrected chi connectivity index (χ4v) is 5.06. The first-order valence-corrected chi connectivity index (χ1v) is 15.0. The Morgan fingerprint density at radius 2 is 1.82 bits per heavy atom. The number of anilines is 1. The molecule has 0 radical (unpaired) electrons. The van der Waals surface area contributed by atoms with Gasteiger partial charge in [0.25, 0.3) is 6.33 Å². The highest BCUT2D eigenvalue weighted by Gasteiger charge is 2.47. The normalized spacial score (nSPS) is 14.1. The molecule has 2 N–H and O–H groups in total. The minimum atomic E-state index is -4.51. The summed E-state index contributed by atoms with van der Waals surface area (Å²) in [5, 5.41) is 19.2. The lowest BCUT2D eigenvalue weighted by Crippen LogP contribution is -2.48. The van der Waals surface area contributed by atoms with Crippen molar-refractivity contribution in [1.82, 2.24) is 15.1 Å². The van der Waals surface area contributed by atoms with E-state index in [2.05, 4.69) is 10.4 Å². The molecule has 1 heterocycles. The second-order valence-corrected chi connectivity index (χ2v) is 12.3. The number of halogens is 4. The van der Waals surface area contributed by atoms with E-state index in [0.717, 1.165) is 12.1 Å². The van der Waals surface area contributed by atoms with Crippen LogP contribution in [0.15, 0.2) is 55.1 Å². The van der Waals surface area contributed by atoms with Gasteiger partial charge in [-0.25, -0.2) is 4.79 Å². The monoisotopic (exact) mass is 658 g/mol. The van der Waals surface area contributed by atoms with Gasteiger partial charge >= 0.3 is 18.2 Å². The molecule has 2 aromatic carbocycles. The number of hydrogen-bond donors (Lipinski definition) is 2. The third kappa shape index (κ3) is 8.03. The van der Waals surface area contributed by atoms with Gasteiger partial charge in [0.05, 0.1) is 17.8 Å². The van der Waals surface area contributed by atoms with Gasteiger partial charge in [-0.15, -0.1) is 4.68 Å². The summed E-state index contributed by atoms with van der Waals surface area (Å²) in [5.41, 5.74) is -1.34. The lowest BCUT2D eigenvalue weighted by Gasteiger charge is -2.40. The quantitative estimate of drug-likeness (QED) is 0.208. The molecule has 3 aromatic rings. The molecule has 3 rings (SSSR count). The number of esters is 1. The van der Waals surface area contributed by atoms with Gasteiger partial charge in [-0.05, 0) is 57.0 Å². The minimum absolute atomic E-state index is 0.0105. The number of benzene rings is 2. The van der Waals surface area contributed by atoms with Gasteiger partial charge in [0, 0.05) is 34.4 Å². The second kappa shape index (κ2) is 14.2. The molecule has 0 bridgehead atoms. The van der Waals surface area contributed by atoms with Gasteiger partial charge in [0.15, 0.2) is 0 Å². The number of ether oxygens (including phenoxy) is 2. The van der Waals surface area contributed by atoms with E-state index in [-0.39, 0.29) is 19.7 Å². The molecule has 2 unspecified atom stereocenters. The first-order chi connectivity index (χ1) is 20.5. The predicted octanol–water partition coefficient (Wildman–Crippen LogP) is 4.93. The van der Waals surface area contributed by atoms with Crippen molar-refractivity contribution in [2.75, 3.05) is 31.8 Å². The standard InChI is InChI=1S/C29H36ClF3N5O5S/c1-19(43-26(40)36(5)24-9-7-8-23(30)22(24)15-42-25(39)14-34-4)37-17-35-38(18-37)16-28(41,27(2,3)44-6)20-10-12-21(13-11-20)29(31,32)33/h7-13,17-19,34,41H,14-16H2,1-6H3/q+1. The molecule has 0 fully saturated rings. The zero-order chi connectivity index (χ0) is 32.9. The van der Waals surface area contributed by atoms with Crippen molar-refractivity contribution < 1.29 is 41.9 Å². The Labute approximate surface area is 263 Å². The summed E-state index contributed by atoms with van der Waals surface area (Å²) < 4.78 is 52.5. The SMILES string of the molecule is CNCC(=O)OCc1c(Cl)cccc1N(C)C(=O)OC(C)[n+]1cnn(CC(O)(c2ccc(C(F)(F)F)cc2)C(C)(C)SC)c1. The molecule has 0 saturated carbocycles. The first-order valence-electron chi connectivity index (χ1n) is 13.4. The first kappa shape index (κ1) is 35.2. The van der Waals surface area contributed by atoms with Crippen LogP contribution in [-0.2, 0) is 39.2 Å². The number of aliphatic hydroxyl groups is 1. The Morgan fingerprint density at radius 1 is 1.18 bits per heavy atom. The molecule has 0 saturated heterocycles. The Bertz CT molecular complexity index is 1450. The number of nitrogens with zero attached hydrogens (tertiary/aromatic N) is 4. The van der Waals surface area contributed by atoms with Crippen LogP contribution in [0.5, 0.6) is 0 Å². The van der Waals surface area contributed by atoms with Crippen molar-refractivity contribution in [3.05, 3.63) is 76.8 Å². The van der Waals surface area contributed by atoms with E-state index < -0.39 is 40.4 Å². The van der Waals surface area contributed by atoms with Crippen molar-refractivity contribution in [3.8, 4) is 0 Å². The summed E-state index contributed by atoms with van der Waals surface area (Å²) in [6.07, 6.45) is -1.35. The van der Waals surface area contributed by atoms with Gasteiger partial charge < -0.3 is 19.9 Å². The minimum Gasteiger partial charge on any atom is -0.460 e. The highest BCUT2D eigenvalue weighted by molar-refractivity contribution is 8.00. The molecule has 0 aliphatic carbocycles. The van der Waals surface area contributed by atoms with Crippen LogP contribution in [0.2, 0.25) is 5.02 Å². The number of alkyl halides is 3. The van der Waals surface area contributed by atoms with Gasteiger partial charge in [-0.1, -0.05) is 29.8 Å². The lowest BCUT2D eigenvalue weighted by atomic mass is 9.82. The fraction of sp³-hybridized carbons (Fsp3) is 0.448. The molecule has 0 spiro atoms. The Balaban J connectivity index is 1.78. The summed E-state index contributed by atoms with van der Waals surface area (Å²) in [5.74, 6) is -0.489.